The molecule has 2 aromatic carbocycles. The van der Waals surface area contributed by atoms with Gasteiger partial charge in [-0.3, -0.25) is 0 Å². The summed E-state index contributed by atoms with van der Waals surface area (Å²) in [6, 6.07) is 10.3. The van der Waals surface area contributed by atoms with Gasteiger partial charge < -0.3 is 10.3 Å². The molecule has 1 aliphatic heterocycles. The zero-order valence-electron chi connectivity index (χ0n) is 13.2. The average Bonchev–Trinajstić information content (AvgIpc) is 3.25. The van der Waals surface area contributed by atoms with Gasteiger partial charge in [-0.15, -0.1) is 0 Å². The molecular weight excluding hydrogens is 375 g/mol. The van der Waals surface area contributed by atoms with Gasteiger partial charge in [0.2, 0.25) is 0 Å². The Morgan fingerprint density at radius 3 is 2.76 bits per heavy atom. The Labute approximate surface area is 160 Å². The van der Waals surface area contributed by atoms with Crippen LogP contribution in [0, 0.1) is 5.92 Å². The summed E-state index contributed by atoms with van der Waals surface area (Å²) >= 11 is 19.3. The molecule has 3 atom stereocenters. The Kier molecular flexibility index (Phi) is 3.56. The van der Waals surface area contributed by atoms with Gasteiger partial charge in [-0.05, 0) is 30.0 Å². The SMILES string of the molecule is Clc1cc(Cl)c2c(c1Cl)C1C=CCC1C(c1c[nH]c3ccccc13)N2. The number of nitrogens with one attached hydrogen (secondary N) is 2. The third-order valence-electron chi connectivity index (χ3n) is 5.44. The van der Waals surface area contributed by atoms with Crippen molar-refractivity contribution in [2.24, 2.45) is 5.92 Å². The predicted octanol–water partition coefficient (Wildman–Crippen LogP) is 6.95. The van der Waals surface area contributed by atoms with E-state index in [-0.39, 0.29) is 12.0 Å². The van der Waals surface area contributed by atoms with E-state index in [4.69, 9.17) is 34.8 Å². The van der Waals surface area contributed by atoms with Crippen molar-refractivity contribution in [2.75, 3.05) is 5.32 Å². The highest BCUT2D eigenvalue weighted by Crippen LogP contribution is 2.55. The largest absolute Gasteiger partial charge is 0.376 e. The van der Waals surface area contributed by atoms with E-state index in [1.807, 2.05) is 6.07 Å². The zero-order valence-corrected chi connectivity index (χ0v) is 15.5. The van der Waals surface area contributed by atoms with Crippen LogP contribution in [-0.4, -0.2) is 4.98 Å². The van der Waals surface area contributed by atoms with Gasteiger partial charge >= 0.3 is 0 Å². The molecule has 0 radical (unpaired) electrons. The third-order valence-corrected chi connectivity index (χ3v) is 6.54. The summed E-state index contributed by atoms with van der Waals surface area (Å²) in [6.07, 6.45) is 7.58. The second kappa shape index (κ2) is 5.70. The highest BCUT2D eigenvalue weighted by molar-refractivity contribution is 6.44. The van der Waals surface area contributed by atoms with Gasteiger partial charge in [0.15, 0.2) is 0 Å². The monoisotopic (exact) mass is 388 g/mol. The molecule has 5 heteroatoms. The number of allylic oxidation sites excluding steroid dienone is 2. The number of rotatable bonds is 1. The van der Waals surface area contributed by atoms with Crippen LogP contribution in [-0.2, 0) is 0 Å². The number of benzene rings is 2. The second-order valence-electron chi connectivity index (χ2n) is 6.71. The number of para-hydroxylation sites is 1. The number of hydrogen-bond acceptors (Lipinski definition) is 1. The molecule has 0 bridgehead atoms. The number of halogens is 3. The van der Waals surface area contributed by atoms with Crippen molar-refractivity contribution >= 4 is 51.4 Å². The molecule has 1 aromatic heterocycles. The number of aromatic nitrogens is 1. The Bertz CT molecular complexity index is 1020. The molecule has 126 valence electrons. The van der Waals surface area contributed by atoms with Crippen LogP contribution >= 0.6 is 34.8 Å². The van der Waals surface area contributed by atoms with Crippen molar-refractivity contribution in [1.29, 1.82) is 0 Å². The highest BCUT2D eigenvalue weighted by atomic mass is 35.5. The van der Waals surface area contributed by atoms with Crippen molar-refractivity contribution in [3.8, 4) is 0 Å². The Hall–Kier alpha value is -1.61. The number of H-pyrrole nitrogens is 1. The number of aromatic amines is 1. The molecule has 2 nitrogen and oxygen atoms in total. The van der Waals surface area contributed by atoms with Crippen molar-refractivity contribution in [3.63, 3.8) is 0 Å². The maximum Gasteiger partial charge on any atom is 0.0656 e. The highest BCUT2D eigenvalue weighted by Gasteiger charge is 2.41. The average molecular weight is 390 g/mol. The maximum absolute atomic E-state index is 6.55. The van der Waals surface area contributed by atoms with Gasteiger partial charge in [0.25, 0.3) is 0 Å². The van der Waals surface area contributed by atoms with Crippen molar-refractivity contribution in [3.05, 3.63) is 74.9 Å². The molecule has 3 unspecified atom stereocenters. The first kappa shape index (κ1) is 15.6. The molecule has 2 aliphatic rings. The van der Waals surface area contributed by atoms with Gasteiger partial charge in [0.05, 0.1) is 26.8 Å². The Balaban J connectivity index is 1.71. The van der Waals surface area contributed by atoms with E-state index >= 15 is 0 Å². The maximum atomic E-state index is 6.55. The topological polar surface area (TPSA) is 27.8 Å². The van der Waals surface area contributed by atoms with Gasteiger partial charge in [-0.1, -0.05) is 65.2 Å². The molecule has 25 heavy (non-hydrogen) atoms. The molecular formula is C20H15Cl3N2. The fourth-order valence-electron chi connectivity index (χ4n) is 4.32. The summed E-state index contributed by atoms with van der Waals surface area (Å²) in [7, 11) is 0. The third kappa shape index (κ3) is 2.25. The molecule has 0 saturated heterocycles. The van der Waals surface area contributed by atoms with Crippen molar-refractivity contribution in [2.45, 2.75) is 18.4 Å². The summed E-state index contributed by atoms with van der Waals surface area (Å²) in [4.78, 5) is 3.38. The summed E-state index contributed by atoms with van der Waals surface area (Å²) < 4.78 is 0. The van der Waals surface area contributed by atoms with Crippen LogP contribution in [0.15, 0.2) is 48.7 Å². The number of anilines is 1. The first-order valence-corrected chi connectivity index (χ1v) is 9.45. The van der Waals surface area contributed by atoms with Gasteiger partial charge in [-0.25, -0.2) is 0 Å². The molecule has 0 saturated carbocycles. The Morgan fingerprint density at radius 1 is 1.04 bits per heavy atom. The van der Waals surface area contributed by atoms with E-state index in [9.17, 15) is 0 Å². The normalized spacial score (nSPS) is 24.2. The minimum atomic E-state index is 0.165. The van der Waals surface area contributed by atoms with Crippen molar-refractivity contribution in [1.82, 2.24) is 4.98 Å². The summed E-state index contributed by atoms with van der Waals surface area (Å²) in [6.45, 7) is 0. The molecule has 2 N–H and O–H groups in total. The van der Waals surface area contributed by atoms with Gasteiger partial charge in [0, 0.05) is 28.6 Å². The van der Waals surface area contributed by atoms with E-state index in [0.29, 0.717) is 21.0 Å². The van der Waals surface area contributed by atoms with Crippen LogP contribution in [0.2, 0.25) is 15.1 Å². The fraction of sp³-hybridized carbons (Fsp3) is 0.200. The molecule has 5 rings (SSSR count). The summed E-state index contributed by atoms with van der Waals surface area (Å²) in [5, 5.41) is 6.64. The lowest BCUT2D eigenvalue weighted by Crippen LogP contribution is -2.29. The second-order valence-corrected chi connectivity index (χ2v) is 7.90. The minimum Gasteiger partial charge on any atom is -0.376 e. The first-order valence-electron chi connectivity index (χ1n) is 8.31. The zero-order chi connectivity index (χ0) is 17.1. The van der Waals surface area contributed by atoms with Gasteiger partial charge in [-0.2, -0.15) is 0 Å². The smallest absolute Gasteiger partial charge is 0.0656 e. The van der Waals surface area contributed by atoms with E-state index in [2.05, 4.69) is 46.8 Å². The van der Waals surface area contributed by atoms with E-state index < -0.39 is 0 Å². The predicted molar refractivity (Wildman–Crippen MR) is 106 cm³/mol. The van der Waals surface area contributed by atoms with Crippen LogP contribution in [0.1, 0.15) is 29.5 Å². The molecule has 0 spiro atoms. The lowest BCUT2D eigenvalue weighted by Gasteiger charge is -2.38. The molecule has 0 fully saturated rings. The lowest BCUT2D eigenvalue weighted by atomic mass is 9.77. The van der Waals surface area contributed by atoms with Gasteiger partial charge in [0.1, 0.15) is 0 Å². The van der Waals surface area contributed by atoms with Crippen molar-refractivity contribution < 1.29 is 0 Å². The summed E-state index contributed by atoms with van der Waals surface area (Å²) in [5.74, 6) is 0.609. The number of hydrogen-bond donors (Lipinski definition) is 2. The minimum absolute atomic E-state index is 0.165. The molecule has 3 aromatic rings. The Morgan fingerprint density at radius 2 is 1.88 bits per heavy atom. The first-order chi connectivity index (χ1) is 12.1. The van der Waals surface area contributed by atoms with Crippen LogP contribution in [0.25, 0.3) is 10.9 Å². The number of fused-ring (bicyclic) bond motifs is 4. The fourth-order valence-corrected chi connectivity index (χ4v) is 5.13. The summed E-state index contributed by atoms with van der Waals surface area (Å²) in [5.41, 5.74) is 4.34. The molecule has 0 amide bonds. The molecule has 2 heterocycles. The quantitative estimate of drug-likeness (QED) is 0.342. The molecule has 1 aliphatic carbocycles. The standard InChI is InChI=1S/C20H15Cl3N2/c21-14-8-15(22)20-17(18(14)23)11-5-3-6-12(11)19(25-20)13-9-24-16-7-2-1-4-10(13)16/h1-5,7-9,11-12,19,24-25H,6H2. The van der Waals surface area contributed by atoms with E-state index in [0.717, 1.165) is 23.2 Å². The van der Waals surface area contributed by atoms with Crippen LogP contribution in [0.5, 0.6) is 0 Å². The van der Waals surface area contributed by atoms with Crippen LogP contribution in [0.3, 0.4) is 0 Å². The lowest BCUT2D eigenvalue weighted by molar-refractivity contribution is 0.427. The van der Waals surface area contributed by atoms with E-state index in [1.165, 1.54) is 10.9 Å². The van der Waals surface area contributed by atoms with Crippen LogP contribution in [0.4, 0.5) is 5.69 Å². The van der Waals surface area contributed by atoms with Crippen LogP contribution < -0.4 is 5.32 Å². The van der Waals surface area contributed by atoms with E-state index in [1.54, 1.807) is 6.07 Å².